The summed E-state index contributed by atoms with van der Waals surface area (Å²) in [7, 11) is 0. The molecular weight excluding hydrogens is 288 g/mol. The number of hydrogen-bond donors (Lipinski definition) is 0. The van der Waals surface area contributed by atoms with Crippen LogP contribution in [-0.2, 0) is 19.3 Å². The van der Waals surface area contributed by atoms with E-state index in [1.165, 1.54) is 11.1 Å². The third kappa shape index (κ3) is 2.90. The van der Waals surface area contributed by atoms with E-state index in [9.17, 15) is 4.79 Å². The largest absolute Gasteiger partial charge is 0.361 e. The van der Waals surface area contributed by atoms with E-state index in [2.05, 4.69) is 36.3 Å². The number of hydrogen-bond acceptors (Lipinski definition) is 3. The number of nitrogens with zero attached hydrogens (tertiary/aromatic N) is 2. The molecule has 1 aromatic carbocycles. The Balaban J connectivity index is 1.88. The Bertz CT molecular complexity index is 680. The Morgan fingerprint density at radius 2 is 1.91 bits per heavy atom. The molecule has 0 N–H and O–H groups in total. The van der Waals surface area contributed by atoms with Gasteiger partial charge in [-0.25, -0.2) is 0 Å². The van der Waals surface area contributed by atoms with Gasteiger partial charge in [-0.15, -0.1) is 0 Å². The first-order valence-corrected chi connectivity index (χ1v) is 8.48. The number of aryl methyl sites for hydroxylation is 2. The van der Waals surface area contributed by atoms with Crippen molar-refractivity contribution in [3.8, 4) is 0 Å². The summed E-state index contributed by atoms with van der Waals surface area (Å²) in [6.45, 7) is 6.71. The first-order valence-electron chi connectivity index (χ1n) is 8.48. The quantitative estimate of drug-likeness (QED) is 0.848. The molecule has 0 fully saturated rings. The summed E-state index contributed by atoms with van der Waals surface area (Å²) in [5.74, 6) is 0.698. The topological polar surface area (TPSA) is 46.3 Å². The smallest absolute Gasteiger partial charge is 0.259 e. The molecule has 1 amide bonds. The second-order valence-corrected chi connectivity index (χ2v) is 6.24. The molecule has 0 unspecified atom stereocenters. The Hall–Kier alpha value is -2.10. The van der Waals surface area contributed by atoms with Crippen LogP contribution in [0.3, 0.4) is 0 Å². The fourth-order valence-corrected chi connectivity index (χ4v) is 3.52. The Labute approximate surface area is 137 Å². The summed E-state index contributed by atoms with van der Waals surface area (Å²) in [6.07, 6.45) is 3.54. The zero-order chi connectivity index (χ0) is 16.4. The van der Waals surface area contributed by atoms with E-state index in [-0.39, 0.29) is 11.9 Å². The zero-order valence-electron chi connectivity index (χ0n) is 14.1. The molecule has 3 rings (SSSR count). The van der Waals surface area contributed by atoms with E-state index in [1.54, 1.807) is 0 Å². The summed E-state index contributed by atoms with van der Waals surface area (Å²) >= 11 is 0. The Morgan fingerprint density at radius 1 is 1.26 bits per heavy atom. The molecule has 2 aromatic rings. The van der Waals surface area contributed by atoms with E-state index in [0.29, 0.717) is 17.7 Å². The van der Waals surface area contributed by atoms with Crippen LogP contribution in [0, 0.1) is 6.92 Å². The van der Waals surface area contributed by atoms with Crippen LogP contribution in [-0.4, -0.2) is 28.6 Å². The fraction of sp³-hybridized carbons (Fsp3) is 0.474. The highest BCUT2D eigenvalue weighted by Gasteiger charge is 2.32. The van der Waals surface area contributed by atoms with Gasteiger partial charge >= 0.3 is 0 Å². The standard InChI is InChI=1S/C19H24N2O2/c1-4-10-21(16-11-14-8-6-7-9-15(14)12-16)19(22)18-13(3)23-20-17(18)5-2/h6-9,16H,4-5,10-12H2,1-3H3. The fourth-order valence-electron chi connectivity index (χ4n) is 3.52. The maximum absolute atomic E-state index is 13.2. The van der Waals surface area contributed by atoms with Gasteiger partial charge in [0.15, 0.2) is 0 Å². The third-order valence-corrected chi connectivity index (χ3v) is 4.68. The highest BCUT2D eigenvalue weighted by Crippen LogP contribution is 2.28. The van der Waals surface area contributed by atoms with Gasteiger partial charge in [0.05, 0.1) is 5.69 Å². The number of rotatable bonds is 5. The van der Waals surface area contributed by atoms with Gasteiger partial charge in [0.2, 0.25) is 0 Å². The van der Waals surface area contributed by atoms with Gasteiger partial charge in [0.25, 0.3) is 5.91 Å². The lowest BCUT2D eigenvalue weighted by molar-refractivity contribution is 0.0682. The molecule has 0 aliphatic heterocycles. The van der Waals surface area contributed by atoms with Gasteiger partial charge in [-0.1, -0.05) is 43.3 Å². The molecule has 4 heteroatoms. The highest BCUT2D eigenvalue weighted by atomic mass is 16.5. The second-order valence-electron chi connectivity index (χ2n) is 6.24. The maximum Gasteiger partial charge on any atom is 0.259 e. The van der Waals surface area contributed by atoms with Crippen molar-refractivity contribution in [1.82, 2.24) is 10.1 Å². The average Bonchev–Trinajstić information content (AvgIpc) is 3.14. The van der Waals surface area contributed by atoms with Crippen molar-refractivity contribution >= 4 is 5.91 Å². The van der Waals surface area contributed by atoms with Gasteiger partial charge < -0.3 is 9.42 Å². The summed E-state index contributed by atoms with van der Waals surface area (Å²) in [5.41, 5.74) is 4.16. The Kier molecular flexibility index (Phi) is 4.51. The predicted molar refractivity (Wildman–Crippen MR) is 89.6 cm³/mol. The zero-order valence-corrected chi connectivity index (χ0v) is 14.1. The van der Waals surface area contributed by atoms with Gasteiger partial charge in [0, 0.05) is 12.6 Å². The molecule has 0 saturated carbocycles. The number of benzene rings is 1. The van der Waals surface area contributed by atoms with Crippen molar-refractivity contribution in [3.63, 3.8) is 0 Å². The van der Waals surface area contributed by atoms with Gasteiger partial charge in [-0.3, -0.25) is 4.79 Å². The molecular formula is C19H24N2O2. The van der Waals surface area contributed by atoms with E-state index >= 15 is 0 Å². The molecule has 1 aliphatic carbocycles. The van der Waals surface area contributed by atoms with Crippen LogP contribution in [0.2, 0.25) is 0 Å². The number of fused-ring (bicyclic) bond motifs is 1. The molecule has 1 aromatic heterocycles. The van der Waals surface area contributed by atoms with Crippen LogP contribution in [0.5, 0.6) is 0 Å². The summed E-state index contributed by atoms with van der Waals surface area (Å²) in [6, 6.07) is 8.73. The minimum Gasteiger partial charge on any atom is -0.361 e. The minimum atomic E-state index is 0.0697. The van der Waals surface area contributed by atoms with Gasteiger partial charge in [-0.05, 0) is 43.7 Å². The number of aromatic nitrogens is 1. The second kappa shape index (κ2) is 6.57. The SMILES string of the molecule is CCCN(C(=O)c1c(CC)noc1C)C1Cc2ccccc2C1. The molecule has 4 nitrogen and oxygen atoms in total. The summed E-state index contributed by atoms with van der Waals surface area (Å²) in [5, 5.41) is 4.04. The molecule has 0 bridgehead atoms. The molecule has 0 spiro atoms. The maximum atomic E-state index is 13.2. The molecule has 23 heavy (non-hydrogen) atoms. The molecule has 0 saturated heterocycles. The number of carbonyl (C=O) groups is 1. The van der Waals surface area contributed by atoms with Crippen molar-refractivity contribution in [2.75, 3.05) is 6.54 Å². The van der Waals surface area contributed by atoms with Crippen molar-refractivity contribution < 1.29 is 9.32 Å². The van der Waals surface area contributed by atoms with Crippen molar-refractivity contribution in [2.24, 2.45) is 0 Å². The Morgan fingerprint density at radius 3 is 2.48 bits per heavy atom. The van der Waals surface area contributed by atoms with Crippen LogP contribution in [0.25, 0.3) is 0 Å². The highest BCUT2D eigenvalue weighted by molar-refractivity contribution is 5.96. The first-order chi connectivity index (χ1) is 11.2. The lowest BCUT2D eigenvalue weighted by atomic mass is 10.1. The monoisotopic (exact) mass is 312 g/mol. The van der Waals surface area contributed by atoms with E-state index < -0.39 is 0 Å². The summed E-state index contributed by atoms with van der Waals surface area (Å²) in [4.78, 5) is 15.2. The van der Waals surface area contributed by atoms with Gasteiger partial charge in [-0.2, -0.15) is 0 Å². The van der Waals surface area contributed by atoms with Crippen molar-refractivity contribution in [3.05, 3.63) is 52.4 Å². The number of carbonyl (C=O) groups excluding carboxylic acids is 1. The predicted octanol–water partition coefficient (Wildman–Crippen LogP) is 3.57. The first kappa shape index (κ1) is 15.8. The average molecular weight is 312 g/mol. The molecule has 122 valence electrons. The molecule has 1 heterocycles. The van der Waals surface area contributed by atoms with Crippen LogP contribution < -0.4 is 0 Å². The van der Waals surface area contributed by atoms with Crippen molar-refractivity contribution in [1.29, 1.82) is 0 Å². The molecule has 0 atom stereocenters. The van der Waals surface area contributed by atoms with Crippen LogP contribution in [0.4, 0.5) is 0 Å². The molecule has 0 radical (unpaired) electrons. The van der Waals surface area contributed by atoms with Crippen molar-refractivity contribution in [2.45, 2.75) is 52.5 Å². The van der Waals surface area contributed by atoms with E-state index in [4.69, 9.17) is 4.52 Å². The normalized spacial score (nSPS) is 14.0. The van der Waals surface area contributed by atoms with Gasteiger partial charge in [0.1, 0.15) is 11.3 Å². The lowest BCUT2D eigenvalue weighted by Crippen LogP contribution is -2.42. The lowest BCUT2D eigenvalue weighted by Gasteiger charge is -2.28. The third-order valence-electron chi connectivity index (χ3n) is 4.68. The minimum absolute atomic E-state index is 0.0697. The number of amides is 1. The van der Waals surface area contributed by atoms with E-state index in [1.807, 2.05) is 18.7 Å². The molecule has 1 aliphatic rings. The van der Waals surface area contributed by atoms with Crippen LogP contribution >= 0.6 is 0 Å². The van der Waals surface area contributed by atoms with Crippen LogP contribution in [0.1, 0.15) is 53.2 Å². The van der Waals surface area contributed by atoms with Crippen LogP contribution in [0.15, 0.2) is 28.8 Å². The summed E-state index contributed by atoms with van der Waals surface area (Å²) < 4.78 is 5.26. The van der Waals surface area contributed by atoms with E-state index in [0.717, 1.165) is 31.5 Å².